The highest BCUT2D eigenvalue weighted by atomic mass is 15.2. The average Bonchev–Trinajstić information content (AvgIpc) is 2.48. The second-order valence-corrected chi connectivity index (χ2v) is 6.44. The van der Waals surface area contributed by atoms with Crippen LogP contribution in [0.3, 0.4) is 0 Å². The van der Waals surface area contributed by atoms with Gasteiger partial charge in [-0.1, -0.05) is 30.3 Å². The number of likely N-dealkylation sites (tertiary alicyclic amines) is 1. The van der Waals surface area contributed by atoms with Crippen LogP contribution in [0.5, 0.6) is 0 Å². The molecule has 1 aromatic carbocycles. The number of benzene rings is 1. The maximum Gasteiger partial charge on any atom is 0.0320 e. The third-order valence-corrected chi connectivity index (χ3v) is 5.08. The molecule has 0 aromatic heterocycles. The SMILES string of the molecule is CC(c1ccccc1)N1CCCC2(CCCNC2)C1. The normalized spacial score (nSPS) is 30.4. The molecular formula is C17H26N2. The number of nitrogens with zero attached hydrogens (tertiary/aromatic N) is 1. The molecule has 2 aliphatic heterocycles. The van der Waals surface area contributed by atoms with Crippen LogP contribution in [-0.4, -0.2) is 31.1 Å². The lowest BCUT2D eigenvalue weighted by Crippen LogP contribution is -2.51. The zero-order valence-corrected chi connectivity index (χ0v) is 12.1. The summed E-state index contributed by atoms with van der Waals surface area (Å²) in [4.78, 5) is 2.70. The zero-order chi connectivity index (χ0) is 13.1. The molecule has 2 saturated heterocycles. The fourth-order valence-electron chi connectivity index (χ4n) is 3.90. The summed E-state index contributed by atoms with van der Waals surface area (Å²) in [6.07, 6.45) is 5.54. The molecule has 0 aliphatic carbocycles. The van der Waals surface area contributed by atoms with E-state index in [9.17, 15) is 0 Å². The van der Waals surface area contributed by atoms with Crippen LogP contribution in [0.1, 0.15) is 44.2 Å². The van der Waals surface area contributed by atoms with E-state index in [1.54, 1.807) is 0 Å². The summed E-state index contributed by atoms with van der Waals surface area (Å²) in [6, 6.07) is 11.5. The molecule has 1 N–H and O–H groups in total. The Bertz CT molecular complexity index is 389. The highest BCUT2D eigenvalue weighted by Gasteiger charge is 2.37. The van der Waals surface area contributed by atoms with Crippen LogP contribution in [0.15, 0.2) is 30.3 Å². The van der Waals surface area contributed by atoms with Gasteiger partial charge in [0, 0.05) is 19.1 Å². The van der Waals surface area contributed by atoms with Crippen molar-refractivity contribution in [3.05, 3.63) is 35.9 Å². The maximum atomic E-state index is 3.62. The molecule has 2 fully saturated rings. The third kappa shape index (κ3) is 2.85. The van der Waals surface area contributed by atoms with Crippen LogP contribution < -0.4 is 5.32 Å². The van der Waals surface area contributed by atoms with E-state index in [2.05, 4.69) is 47.5 Å². The van der Waals surface area contributed by atoms with E-state index in [4.69, 9.17) is 0 Å². The van der Waals surface area contributed by atoms with E-state index < -0.39 is 0 Å². The van der Waals surface area contributed by atoms with Crippen molar-refractivity contribution in [3.8, 4) is 0 Å². The maximum absolute atomic E-state index is 3.62. The van der Waals surface area contributed by atoms with Crippen LogP contribution in [-0.2, 0) is 0 Å². The highest BCUT2D eigenvalue weighted by molar-refractivity contribution is 5.18. The number of hydrogen-bond acceptors (Lipinski definition) is 2. The monoisotopic (exact) mass is 258 g/mol. The zero-order valence-electron chi connectivity index (χ0n) is 12.1. The van der Waals surface area contributed by atoms with Gasteiger partial charge in [-0.15, -0.1) is 0 Å². The molecule has 19 heavy (non-hydrogen) atoms. The molecule has 2 atom stereocenters. The van der Waals surface area contributed by atoms with Gasteiger partial charge in [0.15, 0.2) is 0 Å². The first-order valence-electron chi connectivity index (χ1n) is 7.79. The van der Waals surface area contributed by atoms with E-state index in [-0.39, 0.29) is 0 Å². The minimum Gasteiger partial charge on any atom is -0.316 e. The Labute approximate surface area is 117 Å². The van der Waals surface area contributed by atoms with Crippen molar-refractivity contribution in [1.29, 1.82) is 0 Å². The van der Waals surface area contributed by atoms with Crippen LogP contribution in [0, 0.1) is 5.41 Å². The van der Waals surface area contributed by atoms with Crippen molar-refractivity contribution >= 4 is 0 Å². The quantitative estimate of drug-likeness (QED) is 0.876. The molecule has 0 amide bonds. The fraction of sp³-hybridized carbons (Fsp3) is 0.647. The van der Waals surface area contributed by atoms with Gasteiger partial charge in [-0.05, 0) is 56.7 Å². The number of piperidine rings is 2. The van der Waals surface area contributed by atoms with Gasteiger partial charge in [-0.2, -0.15) is 0 Å². The summed E-state index contributed by atoms with van der Waals surface area (Å²) in [6.45, 7) is 7.35. The van der Waals surface area contributed by atoms with Crippen molar-refractivity contribution in [1.82, 2.24) is 10.2 Å². The lowest BCUT2D eigenvalue weighted by Gasteiger charge is -2.47. The van der Waals surface area contributed by atoms with Crippen LogP contribution in [0.4, 0.5) is 0 Å². The summed E-state index contributed by atoms with van der Waals surface area (Å²) in [5.74, 6) is 0. The van der Waals surface area contributed by atoms with E-state index in [1.807, 2.05) is 0 Å². The molecule has 2 unspecified atom stereocenters. The summed E-state index contributed by atoms with van der Waals surface area (Å²) < 4.78 is 0. The number of hydrogen-bond donors (Lipinski definition) is 1. The van der Waals surface area contributed by atoms with Crippen LogP contribution in [0.2, 0.25) is 0 Å². The number of nitrogens with one attached hydrogen (secondary N) is 1. The summed E-state index contributed by atoms with van der Waals surface area (Å²) in [5.41, 5.74) is 2.02. The minimum atomic E-state index is 0.555. The summed E-state index contributed by atoms with van der Waals surface area (Å²) in [7, 11) is 0. The lowest BCUT2D eigenvalue weighted by atomic mass is 9.74. The predicted octanol–water partition coefficient (Wildman–Crippen LogP) is 3.21. The molecule has 0 radical (unpaired) electrons. The van der Waals surface area contributed by atoms with Gasteiger partial charge in [0.25, 0.3) is 0 Å². The molecule has 2 heterocycles. The average molecular weight is 258 g/mol. The van der Waals surface area contributed by atoms with Gasteiger partial charge < -0.3 is 5.32 Å². The molecule has 0 saturated carbocycles. The second-order valence-electron chi connectivity index (χ2n) is 6.44. The van der Waals surface area contributed by atoms with Crippen molar-refractivity contribution in [3.63, 3.8) is 0 Å². The van der Waals surface area contributed by atoms with Crippen molar-refractivity contribution in [2.45, 2.75) is 38.6 Å². The van der Waals surface area contributed by atoms with Crippen molar-refractivity contribution in [2.75, 3.05) is 26.2 Å². The fourth-order valence-corrected chi connectivity index (χ4v) is 3.90. The summed E-state index contributed by atoms with van der Waals surface area (Å²) >= 11 is 0. The molecule has 2 nitrogen and oxygen atoms in total. The number of rotatable bonds is 2. The first-order valence-corrected chi connectivity index (χ1v) is 7.79. The largest absolute Gasteiger partial charge is 0.316 e. The van der Waals surface area contributed by atoms with Gasteiger partial charge in [-0.25, -0.2) is 0 Å². The standard InChI is InChI=1S/C17H26N2/c1-15(16-7-3-2-4-8-16)19-12-6-10-17(14-19)9-5-11-18-13-17/h2-4,7-8,15,18H,5-6,9-14H2,1H3. The smallest absolute Gasteiger partial charge is 0.0320 e. The topological polar surface area (TPSA) is 15.3 Å². The Morgan fingerprint density at radius 1 is 1.16 bits per heavy atom. The molecule has 1 spiro atoms. The molecule has 3 rings (SSSR count). The molecule has 0 bridgehead atoms. The molecule has 2 aliphatic rings. The van der Waals surface area contributed by atoms with E-state index in [1.165, 1.54) is 57.4 Å². The van der Waals surface area contributed by atoms with Crippen molar-refractivity contribution in [2.24, 2.45) is 5.41 Å². The van der Waals surface area contributed by atoms with E-state index in [0.717, 1.165) is 0 Å². The first-order chi connectivity index (χ1) is 9.29. The molecule has 2 heteroatoms. The van der Waals surface area contributed by atoms with E-state index >= 15 is 0 Å². The minimum absolute atomic E-state index is 0.555. The van der Waals surface area contributed by atoms with Gasteiger partial charge in [0.05, 0.1) is 0 Å². The van der Waals surface area contributed by atoms with Crippen molar-refractivity contribution < 1.29 is 0 Å². The Morgan fingerprint density at radius 2 is 1.95 bits per heavy atom. The first kappa shape index (κ1) is 13.1. The Hall–Kier alpha value is -0.860. The molecule has 104 valence electrons. The molecule has 1 aromatic rings. The van der Waals surface area contributed by atoms with E-state index in [0.29, 0.717) is 11.5 Å². The van der Waals surface area contributed by atoms with Gasteiger partial charge in [0.1, 0.15) is 0 Å². The second kappa shape index (κ2) is 5.64. The lowest BCUT2D eigenvalue weighted by molar-refractivity contribution is 0.0416. The van der Waals surface area contributed by atoms with Gasteiger partial charge in [-0.3, -0.25) is 4.90 Å². The van der Waals surface area contributed by atoms with Gasteiger partial charge >= 0.3 is 0 Å². The van der Waals surface area contributed by atoms with Gasteiger partial charge in [0.2, 0.25) is 0 Å². The third-order valence-electron chi connectivity index (χ3n) is 5.08. The molecular weight excluding hydrogens is 232 g/mol. The van der Waals surface area contributed by atoms with Crippen LogP contribution >= 0.6 is 0 Å². The Kier molecular flexibility index (Phi) is 3.90. The predicted molar refractivity (Wildman–Crippen MR) is 80.2 cm³/mol. The Morgan fingerprint density at radius 3 is 2.68 bits per heavy atom. The van der Waals surface area contributed by atoms with Crippen LogP contribution in [0.25, 0.3) is 0 Å². The summed E-state index contributed by atoms with van der Waals surface area (Å²) in [5, 5.41) is 3.62. The highest BCUT2D eigenvalue weighted by Crippen LogP contribution is 2.38. The Balaban J connectivity index is 1.71.